The number of hydrogen-bond donors (Lipinski definition) is 8. The number of ether oxygens (including phenoxy) is 1. The highest BCUT2D eigenvalue weighted by Crippen LogP contribution is 2.22. The van der Waals surface area contributed by atoms with Crippen molar-refractivity contribution < 1.29 is 54.9 Å². The average molecular weight is 510 g/mol. The summed E-state index contributed by atoms with van der Waals surface area (Å²) in [5, 5.41) is 62.1. The van der Waals surface area contributed by atoms with E-state index in [4.69, 9.17) is 30.3 Å². The molecular weight excluding hydrogens is 478 g/mol. The largest absolute Gasteiger partial charge is 0.477 e. The molecule has 0 aliphatic heterocycles. The van der Waals surface area contributed by atoms with Crippen molar-refractivity contribution in [3.8, 4) is 11.1 Å². The molecule has 2 rings (SSSR count). The minimum Gasteiger partial charge on any atom is -0.477 e. The molecule has 198 valence electrons. The summed E-state index contributed by atoms with van der Waals surface area (Å²) in [5.41, 5.74) is 5.69. The number of carbonyl (C=O) groups excluding carboxylic acids is 2. The topological polar surface area (TPSA) is 228 Å². The molecule has 2 unspecified atom stereocenters. The van der Waals surface area contributed by atoms with Crippen LogP contribution in [0.2, 0.25) is 0 Å². The molecule has 0 saturated carbocycles. The van der Waals surface area contributed by atoms with E-state index in [2.05, 4.69) is 17.9 Å². The van der Waals surface area contributed by atoms with Crippen LogP contribution in [0, 0.1) is 0 Å². The lowest BCUT2D eigenvalue weighted by atomic mass is 9.93. The smallest absolute Gasteiger partial charge is 0.370 e. The Kier molecular flexibility index (Phi) is 10.7. The van der Waals surface area contributed by atoms with Crippen LogP contribution in [-0.4, -0.2) is 83.5 Å². The fourth-order valence-electron chi connectivity index (χ4n) is 2.81. The molecule has 0 aliphatic rings. The summed E-state index contributed by atoms with van der Waals surface area (Å²) in [6.45, 7) is 3.12. The average Bonchev–Trinajstić information content (AvgIpc) is 2.83. The molecule has 0 aromatic heterocycles. The fourth-order valence-corrected chi connectivity index (χ4v) is 2.81. The zero-order valence-corrected chi connectivity index (χ0v) is 19.7. The first kappa shape index (κ1) is 30.6. The number of aliphatic hydroxyl groups is 6. The van der Waals surface area contributed by atoms with Crippen LogP contribution >= 0.6 is 0 Å². The summed E-state index contributed by atoms with van der Waals surface area (Å²) in [6.07, 6.45) is -0.340. The first-order valence-electron chi connectivity index (χ1n) is 10.7. The minimum absolute atomic E-state index is 0.169. The SMILES string of the molecule is CCOC(=O)C(C)(O)C(O)CCc1ccc(-c2ccccc2)cc1.NC(=O)C(O)(O)C(O)(O)C(=O)O. The number of carbonyl (C=O) groups is 3. The Bertz CT molecular complexity index is 994. The van der Waals surface area contributed by atoms with Gasteiger partial charge < -0.3 is 46.2 Å². The number of rotatable bonds is 10. The zero-order chi connectivity index (χ0) is 27.7. The molecule has 0 heterocycles. The van der Waals surface area contributed by atoms with E-state index >= 15 is 0 Å². The number of carboxylic acid groups (broad SMARTS) is 1. The summed E-state index contributed by atoms with van der Waals surface area (Å²) in [4.78, 5) is 31.7. The summed E-state index contributed by atoms with van der Waals surface area (Å²) >= 11 is 0. The number of benzene rings is 2. The maximum atomic E-state index is 11.7. The Morgan fingerprint density at radius 3 is 1.81 bits per heavy atom. The number of amides is 1. The first-order valence-corrected chi connectivity index (χ1v) is 10.7. The van der Waals surface area contributed by atoms with Crippen LogP contribution in [-0.2, 0) is 25.5 Å². The van der Waals surface area contributed by atoms with Gasteiger partial charge in [0.1, 0.15) is 0 Å². The van der Waals surface area contributed by atoms with Gasteiger partial charge in [-0.2, -0.15) is 0 Å². The summed E-state index contributed by atoms with van der Waals surface area (Å²) in [6, 6.07) is 18.1. The summed E-state index contributed by atoms with van der Waals surface area (Å²) in [5.74, 6) is -13.2. The molecule has 9 N–H and O–H groups in total. The monoisotopic (exact) mass is 509 g/mol. The molecule has 0 radical (unpaired) electrons. The third-order valence-electron chi connectivity index (χ3n) is 5.23. The Balaban J connectivity index is 0.000000457. The highest BCUT2D eigenvalue weighted by atomic mass is 16.6. The second kappa shape index (κ2) is 12.5. The molecule has 36 heavy (non-hydrogen) atoms. The van der Waals surface area contributed by atoms with E-state index < -0.39 is 41.1 Å². The molecule has 2 atom stereocenters. The molecule has 2 aromatic carbocycles. The van der Waals surface area contributed by atoms with Gasteiger partial charge in [0.2, 0.25) is 0 Å². The highest BCUT2D eigenvalue weighted by molar-refractivity contribution is 5.90. The van der Waals surface area contributed by atoms with E-state index in [1.165, 1.54) is 6.92 Å². The van der Waals surface area contributed by atoms with E-state index in [1.54, 1.807) is 6.92 Å². The van der Waals surface area contributed by atoms with Crippen molar-refractivity contribution in [2.75, 3.05) is 6.61 Å². The molecule has 2 aromatic rings. The molecule has 0 bridgehead atoms. The molecule has 0 saturated heterocycles. The van der Waals surface area contributed by atoms with Gasteiger partial charge in [0, 0.05) is 0 Å². The van der Waals surface area contributed by atoms with Crippen molar-refractivity contribution in [1.29, 1.82) is 0 Å². The molecule has 0 aliphatic carbocycles. The molecule has 0 spiro atoms. The second-order valence-electron chi connectivity index (χ2n) is 8.00. The van der Waals surface area contributed by atoms with E-state index in [1.807, 2.05) is 42.5 Å². The number of esters is 1. The van der Waals surface area contributed by atoms with Gasteiger partial charge in [-0.3, -0.25) is 4.79 Å². The maximum Gasteiger partial charge on any atom is 0.370 e. The van der Waals surface area contributed by atoms with Crippen molar-refractivity contribution >= 4 is 17.8 Å². The number of primary amides is 1. The lowest BCUT2D eigenvalue weighted by Gasteiger charge is -2.27. The van der Waals surface area contributed by atoms with Crippen LogP contribution in [0.5, 0.6) is 0 Å². The molecular formula is C24H31NO11. The Morgan fingerprint density at radius 1 is 0.889 bits per heavy atom. The number of hydrogen-bond acceptors (Lipinski definition) is 10. The van der Waals surface area contributed by atoms with Crippen LogP contribution in [0.15, 0.2) is 54.6 Å². The van der Waals surface area contributed by atoms with Gasteiger partial charge >= 0.3 is 23.5 Å². The molecule has 12 heteroatoms. The Hall–Kier alpha value is -3.39. The van der Waals surface area contributed by atoms with Gasteiger partial charge in [0.15, 0.2) is 5.60 Å². The van der Waals surface area contributed by atoms with Gasteiger partial charge in [-0.05, 0) is 43.4 Å². The Labute approximate surface area is 206 Å². The van der Waals surface area contributed by atoms with Gasteiger partial charge in [-0.15, -0.1) is 0 Å². The minimum atomic E-state index is -4.03. The molecule has 0 fully saturated rings. The molecule has 1 amide bonds. The standard InChI is InChI=1S/C20H24O4.C4H7NO7/c1-3-24-19(22)20(2,23)18(21)14-11-15-9-12-17(13-10-15)16-7-5-4-6-8-16;5-1(6)3(9,10)4(11,12)2(7)8/h4-10,12-13,18,21,23H,3,11,14H2,1-2H3;9-12H,(H2,5,6)(H,7,8). The van der Waals surface area contributed by atoms with Crippen LogP contribution in [0.3, 0.4) is 0 Å². The van der Waals surface area contributed by atoms with Crippen LogP contribution in [0.25, 0.3) is 11.1 Å². The summed E-state index contributed by atoms with van der Waals surface area (Å²) in [7, 11) is 0. The number of aliphatic carboxylic acids is 1. The fraction of sp³-hybridized carbons (Fsp3) is 0.375. The highest BCUT2D eigenvalue weighted by Gasteiger charge is 2.58. The van der Waals surface area contributed by atoms with Gasteiger partial charge in [-0.25, -0.2) is 9.59 Å². The van der Waals surface area contributed by atoms with E-state index in [9.17, 15) is 24.6 Å². The number of carboxylic acids is 1. The van der Waals surface area contributed by atoms with Crippen molar-refractivity contribution in [2.45, 2.75) is 50.0 Å². The van der Waals surface area contributed by atoms with Crippen molar-refractivity contribution in [2.24, 2.45) is 5.73 Å². The van der Waals surface area contributed by atoms with Crippen molar-refractivity contribution in [3.63, 3.8) is 0 Å². The Morgan fingerprint density at radius 2 is 1.39 bits per heavy atom. The predicted octanol–water partition coefficient (Wildman–Crippen LogP) is -1.12. The lowest BCUT2D eigenvalue weighted by molar-refractivity contribution is -0.325. The number of aliphatic hydroxyl groups excluding tert-OH is 1. The zero-order valence-electron chi connectivity index (χ0n) is 19.7. The van der Waals surface area contributed by atoms with E-state index in [0.29, 0.717) is 6.42 Å². The normalized spacial score (nSPS) is 14.0. The van der Waals surface area contributed by atoms with Crippen LogP contribution in [0.1, 0.15) is 25.8 Å². The van der Waals surface area contributed by atoms with E-state index in [0.717, 1.165) is 16.7 Å². The van der Waals surface area contributed by atoms with Gasteiger partial charge in [-0.1, -0.05) is 54.6 Å². The number of aryl methyl sites for hydroxylation is 1. The predicted molar refractivity (Wildman–Crippen MR) is 125 cm³/mol. The van der Waals surface area contributed by atoms with Crippen LogP contribution < -0.4 is 5.73 Å². The summed E-state index contributed by atoms with van der Waals surface area (Å²) < 4.78 is 4.80. The quantitative estimate of drug-likeness (QED) is 0.141. The van der Waals surface area contributed by atoms with Crippen molar-refractivity contribution in [1.82, 2.24) is 0 Å². The van der Waals surface area contributed by atoms with Gasteiger partial charge in [0.25, 0.3) is 5.91 Å². The third-order valence-corrected chi connectivity index (χ3v) is 5.23. The first-order chi connectivity index (χ1) is 16.6. The van der Waals surface area contributed by atoms with Crippen molar-refractivity contribution in [3.05, 3.63) is 60.2 Å². The maximum absolute atomic E-state index is 11.7. The number of nitrogens with two attached hydrogens (primary N) is 1. The van der Waals surface area contributed by atoms with Gasteiger partial charge in [0.05, 0.1) is 12.7 Å². The molecule has 12 nitrogen and oxygen atoms in total. The second-order valence-corrected chi connectivity index (χ2v) is 8.00. The third kappa shape index (κ3) is 7.55. The lowest BCUT2D eigenvalue weighted by Crippen LogP contribution is -2.65. The van der Waals surface area contributed by atoms with E-state index in [-0.39, 0.29) is 13.0 Å². The van der Waals surface area contributed by atoms with Crippen LogP contribution in [0.4, 0.5) is 0 Å².